The molecule has 0 saturated carbocycles. The molecule has 0 spiro atoms. The van der Waals surface area contributed by atoms with Gasteiger partial charge in [-0.05, 0) is 175 Å². The average molecular weight is 995 g/mol. The molecular formula is C73H87NO. The second kappa shape index (κ2) is 23.9. The number of hydrogen-bond acceptors (Lipinski definition) is 2. The number of fused-ring (bicyclic) bond motifs is 9. The van der Waals surface area contributed by atoms with Crippen molar-refractivity contribution in [3.8, 4) is 72.5 Å². The van der Waals surface area contributed by atoms with Crippen LogP contribution in [-0.2, 0) is 17.3 Å². The molecule has 2 N–H and O–H groups in total. The Morgan fingerprint density at radius 1 is 0.493 bits per heavy atom. The molecule has 0 aliphatic heterocycles. The molecule has 7 aromatic carbocycles. The number of phenolic OH excluding ortho intramolecular Hbond substituents is 1. The highest BCUT2D eigenvalue weighted by atomic mass is 16.3. The minimum absolute atomic E-state index is 0.0709. The molecule has 2 heteroatoms. The first-order valence-electron chi connectivity index (χ1n) is 29.6. The van der Waals surface area contributed by atoms with Crippen molar-refractivity contribution < 1.29 is 5.11 Å². The molecule has 0 saturated heterocycles. The van der Waals surface area contributed by atoms with Gasteiger partial charge in [-0.3, -0.25) is 0 Å². The molecule has 0 aromatic heterocycles. The first-order chi connectivity index (χ1) is 36.6. The van der Waals surface area contributed by atoms with Gasteiger partial charge in [0.05, 0.1) is 0 Å². The van der Waals surface area contributed by atoms with Crippen molar-refractivity contribution in [2.75, 3.05) is 7.05 Å². The molecule has 2 atom stereocenters. The zero-order valence-electron chi connectivity index (χ0n) is 47.3. The highest BCUT2D eigenvalue weighted by molar-refractivity contribution is 5.89. The summed E-state index contributed by atoms with van der Waals surface area (Å²) in [4.78, 5) is 0. The molecule has 7 aromatic rings. The smallest absolute Gasteiger partial charge is 0.119 e. The van der Waals surface area contributed by atoms with Gasteiger partial charge in [-0.25, -0.2) is 0 Å². The Morgan fingerprint density at radius 3 is 1.43 bits per heavy atom. The molecule has 10 rings (SSSR count). The van der Waals surface area contributed by atoms with Crippen molar-refractivity contribution in [1.29, 1.82) is 0 Å². The van der Waals surface area contributed by atoms with E-state index >= 15 is 0 Å². The van der Waals surface area contributed by atoms with E-state index in [2.05, 4.69) is 186 Å². The first kappa shape index (κ1) is 53.9. The maximum atomic E-state index is 11.2. The summed E-state index contributed by atoms with van der Waals surface area (Å²) in [5.74, 6) is 0.618. The number of hydrogen-bond donors (Lipinski definition) is 2. The van der Waals surface area contributed by atoms with Crippen LogP contribution < -0.4 is 5.32 Å². The number of likely N-dealkylation sites (N-methyl/N-ethyl adjacent to an activating group) is 1. The predicted octanol–water partition coefficient (Wildman–Crippen LogP) is 20.7. The second-order valence-electron chi connectivity index (χ2n) is 22.7. The van der Waals surface area contributed by atoms with E-state index in [4.69, 9.17) is 0 Å². The Kier molecular flexibility index (Phi) is 17.2. The fourth-order valence-electron chi connectivity index (χ4n) is 13.4. The van der Waals surface area contributed by atoms with Crippen molar-refractivity contribution in [1.82, 2.24) is 5.32 Å². The van der Waals surface area contributed by atoms with Gasteiger partial charge in [0.2, 0.25) is 0 Å². The largest absolute Gasteiger partial charge is 0.508 e. The predicted molar refractivity (Wildman–Crippen MR) is 324 cm³/mol. The van der Waals surface area contributed by atoms with Crippen LogP contribution in [0.1, 0.15) is 197 Å². The minimum atomic E-state index is -0.146. The van der Waals surface area contributed by atoms with Crippen LogP contribution in [0.2, 0.25) is 0 Å². The van der Waals surface area contributed by atoms with Crippen molar-refractivity contribution in [3.05, 3.63) is 185 Å². The number of benzene rings is 7. The molecule has 75 heavy (non-hydrogen) atoms. The standard InChI is InChI=1S/C71H81NO.C2H6/c1-8-11-14-16-18-22-39-71(40-23-19-17-15-12-9-2)65-26-21-20-25-59(65)62-38-33-53(46-68(62)71)52-32-37-61-60-36-31-51(44-66(60)70(5,6)67(61)45-52)49-29-34-57-58-35-30-50(43-64(58)48(4)63(57)42-49)54-27-28-55(69(73)47-54)41-56(72-7)24-13-10-3;1-2/h13,20-21,24-38,42-48,56,72-73H,8-12,14-19,22-23,39-41H2,1-7H3;1-2H3/b24-13-;. The van der Waals surface area contributed by atoms with Crippen molar-refractivity contribution in [2.24, 2.45) is 0 Å². The maximum Gasteiger partial charge on any atom is 0.119 e. The van der Waals surface area contributed by atoms with Crippen LogP contribution in [-0.4, -0.2) is 18.2 Å². The Morgan fingerprint density at radius 2 is 0.920 bits per heavy atom. The van der Waals surface area contributed by atoms with Gasteiger partial charge >= 0.3 is 0 Å². The van der Waals surface area contributed by atoms with Crippen molar-refractivity contribution in [3.63, 3.8) is 0 Å². The summed E-state index contributed by atoms with van der Waals surface area (Å²) in [7, 11) is 1.98. The van der Waals surface area contributed by atoms with Crippen LogP contribution in [0.3, 0.4) is 0 Å². The zero-order valence-corrected chi connectivity index (χ0v) is 47.3. The third kappa shape index (κ3) is 10.6. The van der Waals surface area contributed by atoms with Crippen LogP contribution in [0.5, 0.6) is 5.75 Å². The Labute approximate surface area is 453 Å². The van der Waals surface area contributed by atoms with E-state index in [9.17, 15) is 5.11 Å². The van der Waals surface area contributed by atoms with Gasteiger partial charge in [0.15, 0.2) is 0 Å². The lowest BCUT2D eigenvalue weighted by Gasteiger charge is -2.33. The van der Waals surface area contributed by atoms with Gasteiger partial charge in [0, 0.05) is 22.8 Å². The third-order valence-corrected chi connectivity index (χ3v) is 17.7. The van der Waals surface area contributed by atoms with Gasteiger partial charge in [0.25, 0.3) is 0 Å². The van der Waals surface area contributed by atoms with Gasteiger partial charge in [-0.1, -0.05) is 242 Å². The molecule has 3 aliphatic rings. The molecule has 0 fully saturated rings. The normalized spacial score (nSPS) is 15.4. The quantitative estimate of drug-likeness (QED) is 0.0524. The molecular weight excluding hydrogens is 907 g/mol. The van der Waals surface area contributed by atoms with Gasteiger partial charge < -0.3 is 10.4 Å². The van der Waals surface area contributed by atoms with Gasteiger partial charge in [-0.15, -0.1) is 0 Å². The summed E-state index contributed by atoms with van der Waals surface area (Å²) in [5.41, 5.74) is 25.3. The number of unbranched alkanes of at least 4 members (excludes halogenated alkanes) is 10. The van der Waals surface area contributed by atoms with Gasteiger partial charge in [-0.2, -0.15) is 0 Å². The summed E-state index contributed by atoms with van der Waals surface area (Å²) >= 11 is 0. The topological polar surface area (TPSA) is 32.3 Å². The first-order valence-corrected chi connectivity index (χ1v) is 29.6. The monoisotopic (exact) mass is 994 g/mol. The molecule has 0 amide bonds. The lowest BCUT2D eigenvalue weighted by atomic mass is 9.70. The van der Waals surface area contributed by atoms with Crippen LogP contribution in [0.25, 0.3) is 66.8 Å². The Balaban J connectivity index is 0.00000340. The van der Waals surface area contributed by atoms with Crippen LogP contribution >= 0.6 is 0 Å². The number of rotatable bonds is 22. The maximum absolute atomic E-state index is 11.2. The summed E-state index contributed by atoms with van der Waals surface area (Å²) in [5, 5.41) is 14.5. The SMILES string of the molecule is CC.CC/C=C\C(Cc1ccc(-c2ccc3c(c2)C(C)c2cc(-c4ccc5c(c4)C(C)(C)c4cc(-c6ccc7c(c6)C(CCCCCCCC)(CCCCCCCC)c6ccccc6-7)ccc4-5)ccc2-3)cc1O)NC. The van der Waals surface area contributed by atoms with Crippen LogP contribution in [0.4, 0.5) is 0 Å². The Hall–Kier alpha value is -5.96. The van der Waals surface area contributed by atoms with E-state index in [1.54, 1.807) is 11.1 Å². The van der Waals surface area contributed by atoms with Crippen molar-refractivity contribution >= 4 is 0 Å². The number of phenols is 1. The molecule has 2 nitrogen and oxygen atoms in total. The minimum Gasteiger partial charge on any atom is -0.508 e. The van der Waals surface area contributed by atoms with E-state index < -0.39 is 0 Å². The highest BCUT2D eigenvalue weighted by Crippen LogP contribution is 2.56. The highest BCUT2D eigenvalue weighted by Gasteiger charge is 2.43. The van der Waals surface area contributed by atoms with E-state index in [1.807, 2.05) is 27.0 Å². The number of nitrogens with one attached hydrogen (secondary N) is 1. The zero-order chi connectivity index (χ0) is 52.7. The Bertz CT molecular complexity index is 3110. The average Bonchev–Trinajstić information content (AvgIpc) is 4.01. The fourth-order valence-corrected chi connectivity index (χ4v) is 13.4. The summed E-state index contributed by atoms with van der Waals surface area (Å²) < 4.78 is 0. The number of allylic oxidation sites excluding steroid dienone is 1. The van der Waals surface area contributed by atoms with Gasteiger partial charge in [0.1, 0.15) is 5.75 Å². The fraction of sp³-hybridized carbons (Fsp3) is 0.397. The molecule has 2 unspecified atom stereocenters. The lowest BCUT2D eigenvalue weighted by Crippen LogP contribution is -2.25. The summed E-state index contributed by atoms with van der Waals surface area (Å²) in [6, 6.07) is 51.9. The van der Waals surface area contributed by atoms with E-state index in [0.29, 0.717) is 5.75 Å². The van der Waals surface area contributed by atoms with Crippen LogP contribution in [0.15, 0.2) is 146 Å². The van der Waals surface area contributed by atoms with E-state index in [-0.39, 0.29) is 22.8 Å². The molecule has 0 bridgehead atoms. The second-order valence-corrected chi connectivity index (χ2v) is 22.7. The van der Waals surface area contributed by atoms with Crippen LogP contribution in [0, 0.1) is 0 Å². The molecule has 0 radical (unpaired) electrons. The lowest BCUT2D eigenvalue weighted by molar-refractivity contribution is 0.398. The molecule has 3 aliphatic carbocycles. The number of aromatic hydroxyl groups is 1. The molecule has 0 heterocycles. The van der Waals surface area contributed by atoms with E-state index in [0.717, 1.165) is 29.5 Å². The molecule has 390 valence electrons. The third-order valence-electron chi connectivity index (χ3n) is 17.7. The summed E-state index contributed by atoms with van der Waals surface area (Å²) in [6.07, 6.45) is 24.6. The van der Waals surface area contributed by atoms with E-state index in [1.165, 1.54) is 168 Å². The van der Waals surface area contributed by atoms with Crippen molar-refractivity contribution in [2.45, 2.75) is 181 Å². The summed E-state index contributed by atoms with van der Waals surface area (Å²) in [6.45, 7) is 18.0.